The van der Waals surface area contributed by atoms with Crippen LogP contribution in [-0.4, -0.2) is 4.98 Å². The zero-order chi connectivity index (χ0) is 12.3. The molecule has 0 aliphatic heterocycles. The van der Waals surface area contributed by atoms with E-state index in [1.807, 2.05) is 18.2 Å². The molecule has 2 rings (SSSR count). The second-order valence-electron chi connectivity index (χ2n) is 4.14. The smallest absolute Gasteiger partial charge is 0.132 e. The van der Waals surface area contributed by atoms with Gasteiger partial charge in [-0.05, 0) is 29.7 Å². The van der Waals surface area contributed by atoms with Gasteiger partial charge in [-0.15, -0.1) is 0 Å². The summed E-state index contributed by atoms with van der Waals surface area (Å²) in [5, 5.41) is 0.433. The van der Waals surface area contributed by atoms with Gasteiger partial charge in [-0.25, -0.2) is 4.98 Å². The number of pyridine rings is 1. The molecule has 3 heteroatoms. The molecule has 0 unspecified atom stereocenters. The van der Waals surface area contributed by atoms with Crippen LogP contribution in [0.5, 0.6) is 11.5 Å². The Bertz CT molecular complexity index is 511. The fourth-order valence-corrected chi connectivity index (χ4v) is 1.69. The molecule has 0 saturated carbocycles. The third-order valence-electron chi connectivity index (χ3n) is 2.46. The van der Waals surface area contributed by atoms with Gasteiger partial charge in [-0.3, -0.25) is 0 Å². The summed E-state index contributed by atoms with van der Waals surface area (Å²) in [5.41, 5.74) is 1.25. The summed E-state index contributed by atoms with van der Waals surface area (Å²) < 4.78 is 5.73. The summed E-state index contributed by atoms with van der Waals surface area (Å²) in [6, 6.07) is 11.5. The first-order chi connectivity index (χ1) is 8.15. The summed E-state index contributed by atoms with van der Waals surface area (Å²) in [4.78, 5) is 3.91. The number of hydrogen-bond acceptors (Lipinski definition) is 2. The lowest BCUT2D eigenvalue weighted by atomic mass is 10.0. The molecule has 0 atom stereocenters. The quantitative estimate of drug-likeness (QED) is 0.737. The highest BCUT2D eigenvalue weighted by Gasteiger charge is 2.02. The van der Waals surface area contributed by atoms with E-state index in [1.165, 1.54) is 5.56 Å². The lowest BCUT2D eigenvalue weighted by Crippen LogP contribution is -1.89. The van der Waals surface area contributed by atoms with E-state index in [4.69, 9.17) is 16.3 Å². The van der Waals surface area contributed by atoms with Crippen molar-refractivity contribution in [1.82, 2.24) is 4.98 Å². The minimum absolute atomic E-state index is 0.433. The van der Waals surface area contributed by atoms with Gasteiger partial charge in [0.1, 0.15) is 16.7 Å². The summed E-state index contributed by atoms with van der Waals surface area (Å²) in [6.07, 6.45) is 1.63. The molecule has 1 heterocycles. The van der Waals surface area contributed by atoms with Gasteiger partial charge in [0.25, 0.3) is 0 Å². The van der Waals surface area contributed by atoms with Crippen molar-refractivity contribution < 1.29 is 4.74 Å². The van der Waals surface area contributed by atoms with Crippen molar-refractivity contribution >= 4 is 11.6 Å². The molecule has 0 aliphatic carbocycles. The molecule has 0 N–H and O–H groups in total. The van der Waals surface area contributed by atoms with Gasteiger partial charge >= 0.3 is 0 Å². The molecule has 88 valence electrons. The second kappa shape index (κ2) is 5.19. The van der Waals surface area contributed by atoms with Crippen LogP contribution in [0.1, 0.15) is 25.3 Å². The standard InChI is InChI=1S/C14H14ClNO/c1-10(2)11-4-3-5-12(8-11)17-13-6-7-16-14(15)9-13/h3-10H,1-2H3. The van der Waals surface area contributed by atoms with E-state index >= 15 is 0 Å². The Kier molecular flexibility index (Phi) is 3.64. The molecule has 0 spiro atoms. The highest BCUT2D eigenvalue weighted by molar-refractivity contribution is 6.29. The van der Waals surface area contributed by atoms with Gasteiger partial charge in [0, 0.05) is 12.3 Å². The molecular weight excluding hydrogens is 234 g/mol. The highest BCUT2D eigenvalue weighted by atomic mass is 35.5. The topological polar surface area (TPSA) is 22.1 Å². The van der Waals surface area contributed by atoms with Crippen LogP contribution in [0.2, 0.25) is 5.15 Å². The molecule has 0 aliphatic rings. The van der Waals surface area contributed by atoms with Crippen molar-refractivity contribution in [2.45, 2.75) is 19.8 Å². The summed E-state index contributed by atoms with van der Waals surface area (Å²) >= 11 is 5.80. The van der Waals surface area contributed by atoms with E-state index in [2.05, 4.69) is 24.9 Å². The largest absolute Gasteiger partial charge is 0.457 e. The van der Waals surface area contributed by atoms with Crippen LogP contribution in [0.4, 0.5) is 0 Å². The zero-order valence-corrected chi connectivity index (χ0v) is 10.6. The van der Waals surface area contributed by atoms with E-state index in [-0.39, 0.29) is 0 Å². The Morgan fingerprint density at radius 2 is 1.88 bits per heavy atom. The number of ether oxygens (including phenoxy) is 1. The molecule has 0 bridgehead atoms. The summed E-state index contributed by atoms with van der Waals surface area (Å²) in [5.74, 6) is 2.00. The normalized spacial score (nSPS) is 10.6. The second-order valence-corrected chi connectivity index (χ2v) is 4.53. The Hall–Kier alpha value is -1.54. The number of hydrogen-bond donors (Lipinski definition) is 0. The first-order valence-electron chi connectivity index (χ1n) is 5.54. The third kappa shape index (κ3) is 3.21. The van der Waals surface area contributed by atoms with Gasteiger partial charge in [0.2, 0.25) is 0 Å². The summed E-state index contributed by atoms with van der Waals surface area (Å²) in [7, 11) is 0. The van der Waals surface area contributed by atoms with Crippen molar-refractivity contribution in [2.75, 3.05) is 0 Å². The number of nitrogens with zero attached hydrogens (tertiary/aromatic N) is 1. The molecular formula is C14H14ClNO. The van der Waals surface area contributed by atoms with Gasteiger partial charge in [0.15, 0.2) is 0 Å². The van der Waals surface area contributed by atoms with E-state index in [1.54, 1.807) is 18.3 Å². The Morgan fingerprint density at radius 1 is 1.12 bits per heavy atom. The SMILES string of the molecule is CC(C)c1cccc(Oc2ccnc(Cl)c2)c1. The van der Waals surface area contributed by atoms with Gasteiger partial charge in [-0.2, -0.15) is 0 Å². The lowest BCUT2D eigenvalue weighted by Gasteiger charge is -2.09. The molecule has 0 saturated heterocycles. The molecule has 1 aromatic carbocycles. The van der Waals surface area contributed by atoms with Crippen LogP contribution in [0.15, 0.2) is 42.6 Å². The van der Waals surface area contributed by atoms with E-state index < -0.39 is 0 Å². The van der Waals surface area contributed by atoms with Crippen molar-refractivity contribution in [1.29, 1.82) is 0 Å². The van der Waals surface area contributed by atoms with Crippen LogP contribution in [0, 0.1) is 0 Å². The fourth-order valence-electron chi connectivity index (χ4n) is 1.52. The maximum absolute atomic E-state index is 5.80. The molecule has 2 aromatic rings. The Labute approximate surface area is 106 Å². The van der Waals surface area contributed by atoms with Crippen molar-refractivity contribution in [3.63, 3.8) is 0 Å². The van der Waals surface area contributed by atoms with Crippen molar-refractivity contribution in [2.24, 2.45) is 0 Å². The first-order valence-corrected chi connectivity index (χ1v) is 5.92. The molecule has 17 heavy (non-hydrogen) atoms. The number of halogens is 1. The van der Waals surface area contributed by atoms with E-state index in [0.29, 0.717) is 16.8 Å². The van der Waals surface area contributed by atoms with E-state index in [9.17, 15) is 0 Å². The van der Waals surface area contributed by atoms with Crippen molar-refractivity contribution in [3.8, 4) is 11.5 Å². The van der Waals surface area contributed by atoms with Crippen LogP contribution in [-0.2, 0) is 0 Å². The molecule has 0 radical (unpaired) electrons. The minimum Gasteiger partial charge on any atom is -0.457 e. The predicted octanol–water partition coefficient (Wildman–Crippen LogP) is 4.65. The molecule has 0 fully saturated rings. The number of aromatic nitrogens is 1. The van der Waals surface area contributed by atoms with Gasteiger partial charge in [0.05, 0.1) is 0 Å². The average molecular weight is 248 g/mol. The maximum Gasteiger partial charge on any atom is 0.132 e. The summed E-state index contributed by atoms with van der Waals surface area (Å²) in [6.45, 7) is 4.31. The van der Waals surface area contributed by atoms with Crippen molar-refractivity contribution in [3.05, 3.63) is 53.3 Å². The minimum atomic E-state index is 0.433. The first kappa shape index (κ1) is 11.9. The van der Waals surface area contributed by atoms with Crippen LogP contribution in [0.3, 0.4) is 0 Å². The van der Waals surface area contributed by atoms with Gasteiger partial charge < -0.3 is 4.74 Å². The highest BCUT2D eigenvalue weighted by Crippen LogP contribution is 2.25. The van der Waals surface area contributed by atoms with Crippen LogP contribution < -0.4 is 4.74 Å². The zero-order valence-electron chi connectivity index (χ0n) is 9.85. The molecule has 1 aromatic heterocycles. The predicted molar refractivity (Wildman–Crippen MR) is 69.9 cm³/mol. The fraction of sp³-hybridized carbons (Fsp3) is 0.214. The number of benzene rings is 1. The molecule has 2 nitrogen and oxygen atoms in total. The monoisotopic (exact) mass is 247 g/mol. The van der Waals surface area contributed by atoms with E-state index in [0.717, 1.165) is 5.75 Å². The van der Waals surface area contributed by atoms with Crippen LogP contribution in [0.25, 0.3) is 0 Å². The molecule has 0 amide bonds. The average Bonchev–Trinajstić information content (AvgIpc) is 2.29. The third-order valence-corrected chi connectivity index (χ3v) is 2.67. The van der Waals surface area contributed by atoms with Gasteiger partial charge in [-0.1, -0.05) is 37.6 Å². The number of rotatable bonds is 3. The Balaban J connectivity index is 2.21. The van der Waals surface area contributed by atoms with Crippen LogP contribution >= 0.6 is 11.6 Å². The maximum atomic E-state index is 5.80. The Morgan fingerprint density at radius 3 is 2.59 bits per heavy atom. The lowest BCUT2D eigenvalue weighted by molar-refractivity contribution is 0.481.